The third-order valence-corrected chi connectivity index (χ3v) is 6.31. The predicted molar refractivity (Wildman–Crippen MR) is 117 cm³/mol. The Morgan fingerprint density at radius 1 is 1.24 bits per heavy atom. The molecule has 0 spiro atoms. The number of likely N-dealkylation sites (N-methyl/N-ethyl adjacent to an activating group) is 1. The maximum atomic E-state index is 13.8. The molecule has 2 aromatic rings. The van der Waals surface area contributed by atoms with Gasteiger partial charge in [0.15, 0.2) is 11.5 Å². The van der Waals surface area contributed by atoms with Gasteiger partial charge in [0.2, 0.25) is 5.91 Å². The van der Waals surface area contributed by atoms with Crippen LogP contribution in [0.2, 0.25) is 0 Å². The van der Waals surface area contributed by atoms with Crippen molar-refractivity contribution in [2.45, 2.75) is 24.7 Å². The molecule has 0 saturated heterocycles. The molecule has 2 aromatic carbocycles. The number of hydrogen-bond acceptors (Lipinski definition) is 5. The number of alkyl halides is 2. The van der Waals surface area contributed by atoms with Crippen molar-refractivity contribution in [2.24, 2.45) is 0 Å². The number of halogens is 2. The van der Waals surface area contributed by atoms with E-state index >= 15 is 0 Å². The summed E-state index contributed by atoms with van der Waals surface area (Å²) >= 11 is 0. The summed E-state index contributed by atoms with van der Waals surface area (Å²) in [5.41, 5.74) is 1.32. The van der Waals surface area contributed by atoms with Crippen LogP contribution in [0.3, 0.4) is 0 Å². The molecule has 0 aliphatic carbocycles. The number of nitrogens with one attached hydrogen (secondary N) is 1. The molecular formula is C24H21F2N3O5. The molecule has 10 heteroatoms. The summed E-state index contributed by atoms with van der Waals surface area (Å²) in [6.07, 6.45) is -2.02. The number of carbonyl (C=O) groups excluding carboxylic acids is 3. The molecule has 0 fully saturated rings. The molecule has 0 bridgehead atoms. The normalized spacial score (nSPS) is 21.7. The first-order valence-corrected chi connectivity index (χ1v) is 10.7. The summed E-state index contributed by atoms with van der Waals surface area (Å²) in [7, 11) is 1.46. The Kier molecular flexibility index (Phi) is 5.03. The number of anilines is 1. The van der Waals surface area contributed by atoms with Crippen molar-refractivity contribution in [3.63, 3.8) is 0 Å². The molecule has 176 valence electrons. The van der Waals surface area contributed by atoms with Crippen molar-refractivity contribution in [3.05, 3.63) is 65.7 Å². The zero-order chi connectivity index (χ0) is 24.2. The maximum absolute atomic E-state index is 13.8. The lowest BCUT2D eigenvalue weighted by atomic mass is 9.79. The highest BCUT2D eigenvalue weighted by Gasteiger charge is 2.48. The second-order valence-corrected chi connectivity index (χ2v) is 8.28. The minimum Gasteiger partial charge on any atom is -0.395 e. The van der Waals surface area contributed by atoms with Gasteiger partial charge in [-0.1, -0.05) is 18.2 Å². The van der Waals surface area contributed by atoms with Crippen molar-refractivity contribution >= 4 is 23.4 Å². The van der Waals surface area contributed by atoms with E-state index in [9.17, 15) is 23.2 Å². The molecule has 3 heterocycles. The smallest absolute Gasteiger partial charge is 0.395 e. The van der Waals surface area contributed by atoms with Gasteiger partial charge in [-0.25, -0.2) is 0 Å². The van der Waals surface area contributed by atoms with Crippen LogP contribution in [0.5, 0.6) is 11.5 Å². The highest BCUT2D eigenvalue weighted by atomic mass is 19.3. The lowest BCUT2D eigenvalue weighted by molar-refractivity contribution is -0.286. The first-order valence-electron chi connectivity index (χ1n) is 10.7. The van der Waals surface area contributed by atoms with E-state index in [4.69, 9.17) is 0 Å². The van der Waals surface area contributed by atoms with Crippen molar-refractivity contribution in [2.75, 3.05) is 25.0 Å². The van der Waals surface area contributed by atoms with Gasteiger partial charge < -0.3 is 19.7 Å². The number of rotatable bonds is 4. The summed E-state index contributed by atoms with van der Waals surface area (Å²) in [4.78, 5) is 42.7. The monoisotopic (exact) mass is 469 g/mol. The Balaban J connectivity index is 1.65. The van der Waals surface area contributed by atoms with Crippen LogP contribution in [0.4, 0.5) is 14.5 Å². The molecule has 0 saturated carbocycles. The van der Waals surface area contributed by atoms with Crippen LogP contribution >= 0.6 is 0 Å². The van der Waals surface area contributed by atoms with E-state index in [1.807, 2.05) is 0 Å². The number of carbonyl (C=O) groups is 3. The van der Waals surface area contributed by atoms with Crippen LogP contribution in [0.15, 0.2) is 49.1 Å². The molecular weight excluding hydrogens is 448 g/mol. The van der Waals surface area contributed by atoms with Crippen LogP contribution in [0.25, 0.3) is 0 Å². The summed E-state index contributed by atoms with van der Waals surface area (Å²) in [6.45, 7) is 4.43. The van der Waals surface area contributed by atoms with Crippen LogP contribution in [0, 0.1) is 0 Å². The van der Waals surface area contributed by atoms with Gasteiger partial charge >= 0.3 is 6.29 Å². The summed E-state index contributed by atoms with van der Waals surface area (Å²) < 4.78 is 36.6. The van der Waals surface area contributed by atoms with E-state index in [0.717, 1.165) is 0 Å². The van der Waals surface area contributed by atoms with Gasteiger partial charge in [-0.15, -0.1) is 15.4 Å². The van der Waals surface area contributed by atoms with Crippen molar-refractivity contribution < 1.29 is 32.6 Å². The van der Waals surface area contributed by atoms with Crippen LogP contribution < -0.4 is 19.7 Å². The van der Waals surface area contributed by atoms with Gasteiger partial charge in [-0.3, -0.25) is 19.3 Å². The quantitative estimate of drug-likeness (QED) is 0.696. The van der Waals surface area contributed by atoms with E-state index in [1.54, 1.807) is 29.2 Å². The van der Waals surface area contributed by atoms with E-state index < -0.39 is 29.9 Å². The number of benzene rings is 2. The molecule has 3 aliphatic rings. The fourth-order valence-electron chi connectivity index (χ4n) is 4.95. The fraction of sp³-hybridized carbons (Fsp3) is 0.292. The zero-order valence-corrected chi connectivity index (χ0v) is 18.2. The molecule has 3 amide bonds. The number of amides is 3. The first kappa shape index (κ1) is 21.9. The van der Waals surface area contributed by atoms with Crippen LogP contribution in [-0.2, 0) is 4.79 Å². The van der Waals surface area contributed by atoms with Gasteiger partial charge in [0.25, 0.3) is 11.8 Å². The molecule has 1 N–H and O–H groups in total. The van der Waals surface area contributed by atoms with Gasteiger partial charge in [-0.2, -0.15) is 0 Å². The molecule has 5 rings (SSSR count). The Morgan fingerprint density at radius 3 is 2.74 bits per heavy atom. The zero-order valence-electron chi connectivity index (χ0n) is 18.2. The molecule has 8 nitrogen and oxygen atoms in total. The average molecular weight is 469 g/mol. The Morgan fingerprint density at radius 2 is 2.00 bits per heavy atom. The van der Waals surface area contributed by atoms with Gasteiger partial charge in [-0.05, 0) is 36.2 Å². The third-order valence-electron chi connectivity index (χ3n) is 6.31. The molecule has 2 atom stereocenters. The molecule has 0 radical (unpaired) electrons. The third kappa shape index (κ3) is 3.28. The highest BCUT2D eigenvalue weighted by molar-refractivity contribution is 6.13. The second-order valence-electron chi connectivity index (χ2n) is 8.28. The molecule has 0 aromatic heterocycles. The first-order chi connectivity index (χ1) is 16.3. The predicted octanol–water partition coefficient (Wildman–Crippen LogP) is 2.90. The molecule has 34 heavy (non-hydrogen) atoms. The van der Waals surface area contributed by atoms with Crippen LogP contribution in [0.1, 0.15) is 38.6 Å². The number of hydrogen-bond donors (Lipinski definition) is 1. The van der Waals surface area contributed by atoms with E-state index in [1.165, 1.54) is 30.1 Å². The molecule has 0 unspecified atom stereocenters. The second kappa shape index (κ2) is 7.82. The summed E-state index contributed by atoms with van der Waals surface area (Å²) in [5.74, 6) is -2.18. The van der Waals surface area contributed by atoms with E-state index in [0.29, 0.717) is 29.9 Å². The number of fused-ring (bicyclic) bond motifs is 1. The van der Waals surface area contributed by atoms with Gasteiger partial charge in [0.05, 0.1) is 5.56 Å². The SMILES string of the molecule is C=CCN1C[C@@H]2C[C@@H](C(=O)NC)N(C(=O)c3cccc4c3OC(F)(F)O4)c3cccc(c32)C1=O. The Hall–Kier alpha value is -3.95. The lowest BCUT2D eigenvalue weighted by Gasteiger charge is -2.44. The van der Waals surface area contributed by atoms with Crippen LogP contribution in [-0.4, -0.2) is 55.1 Å². The minimum absolute atomic E-state index is 0.171. The Labute approximate surface area is 193 Å². The average Bonchev–Trinajstić information content (AvgIpc) is 3.14. The van der Waals surface area contributed by atoms with Gasteiger partial charge in [0, 0.05) is 37.3 Å². The Bertz CT molecular complexity index is 1230. The van der Waals surface area contributed by atoms with Gasteiger partial charge in [0.1, 0.15) is 6.04 Å². The minimum atomic E-state index is -3.90. The number of para-hydroxylation sites is 1. The summed E-state index contributed by atoms with van der Waals surface area (Å²) in [6, 6.07) is 8.06. The maximum Gasteiger partial charge on any atom is 0.586 e. The fourth-order valence-corrected chi connectivity index (χ4v) is 4.95. The highest BCUT2D eigenvalue weighted by Crippen LogP contribution is 2.47. The number of ether oxygens (including phenoxy) is 2. The van der Waals surface area contributed by atoms with Crippen molar-refractivity contribution in [1.29, 1.82) is 0 Å². The topological polar surface area (TPSA) is 88.2 Å². The number of nitrogens with zero attached hydrogens (tertiary/aromatic N) is 2. The lowest BCUT2D eigenvalue weighted by Crippen LogP contribution is -2.55. The van der Waals surface area contributed by atoms with Crippen molar-refractivity contribution in [1.82, 2.24) is 10.2 Å². The standard InChI is InChI=1S/C24H21F2N3O5/c1-3-10-28-12-13-11-17(21(30)27-2)29(16-8-4-6-14(19(13)16)22(28)31)23(32)15-7-5-9-18-20(15)34-24(25,26)33-18/h3-9,13,17H,1,10-12H2,2H3,(H,27,30)/t13-,17-/m0/s1. The summed E-state index contributed by atoms with van der Waals surface area (Å²) in [5, 5.41) is 2.58. The largest absolute Gasteiger partial charge is 0.586 e. The van der Waals surface area contributed by atoms with E-state index in [2.05, 4.69) is 21.4 Å². The molecule has 3 aliphatic heterocycles. The van der Waals surface area contributed by atoms with Crippen molar-refractivity contribution in [3.8, 4) is 11.5 Å². The van der Waals surface area contributed by atoms with E-state index in [-0.39, 0.29) is 29.6 Å².